The molecule has 0 radical (unpaired) electrons. The van der Waals surface area contributed by atoms with Gasteiger partial charge < -0.3 is 15.2 Å². The van der Waals surface area contributed by atoms with Gasteiger partial charge in [0.2, 0.25) is 0 Å². The summed E-state index contributed by atoms with van der Waals surface area (Å²) in [4.78, 5) is 11.6. The van der Waals surface area contributed by atoms with E-state index in [0.29, 0.717) is 19.6 Å². The van der Waals surface area contributed by atoms with Gasteiger partial charge in [-0.25, -0.2) is 0 Å². The predicted octanol–water partition coefficient (Wildman–Crippen LogP) is 0.495. The molecule has 0 aromatic heterocycles. The van der Waals surface area contributed by atoms with E-state index in [-0.39, 0.29) is 12.0 Å². The second-order valence-corrected chi connectivity index (χ2v) is 4.25. The normalized spacial score (nSPS) is 23.6. The molecule has 2 atom stereocenters. The molecule has 2 rings (SSSR count). The van der Waals surface area contributed by atoms with Crippen molar-refractivity contribution in [2.75, 3.05) is 13.2 Å². The molecular formula is C13H17NO3. The van der Waals surface area contributed by atoms with Crippen molar-refractivity contribution in [3.8, 4) is 0 Å². The summed E-state index contributed by atoms with van der Waals surface area (Å²) in [7, 11) is 0. The van der Waals surface area contributed by atoms with Gasteiger partial charge in [0.25, 0.3) is 0 Å². The van der Waals surface area contributed by atoms with Crippen LogP contribution in [0, 0.1) is 0 Å². The van der Waals surface area contributed by atoms with Gasteiger partial charge in [-0.15, -0.1) is 0 Å². The van der Waals surface area contributed by atoms with Crippen LogP contribution in [0.15, 0.2) is 30.3 Å². The Kier molecular flexibility index (Phi) is 4.12. The van der Waals surface area contributed by atoms with Crippen LogP contribution in [0.25, 0.3) is 0 Å². The third-order valence-electron chi connectivity index (χ3n) is 2.87. The van der Waals surface area contributed by atoms with Crippen LogP contribution in [-0.2, 0) is 16.0 Å². The number of hydrogen-bond donors (Lipinski definition) is 2. The van der Waals surface area contributed by atoms with E-state index in [9.17, 15) is 9.90 Å². The maximum absolute atomic E-state index is 11.6. The van der Waals surface area contributed by atoms with Crippen molar-refractivity contribution in [1.82, 2.24) is 5.32 Å². The fraction of sp³-hybridized carbons (Fsp3) is 0.462. The van der Waals surface area contributed by atoms with Crippen LogP contribution in [0.5, 0.6) is 0 Å². The van der Waals surface area contributed by atoms with Gasteiger partial charge in [0.05, 0.1) is 12.7 Å². The number of benzene rings is 1. The Bertz CT molecular complexity index is 366. The summed E-state index contributed by atoms with van der Waals surface area (Å²) in [5, 5.41) is 12.2. The Morgan fingerprint density at radius 3 is 2.82 bits per heavy atom. The molecule has 17 heavy (non-hydrogen) atoms. The molecule has 1 aliphatic heterocycles. The summed E-state index contributed by atoms with van der Waals surface area (Å²) in [5.41, 5.74) is 1.15. The Morgan fingerprint density at radius 1 is 1.41 bits per heavy atom. The second kappa shape index (κ2) is 5.80. The molecule has 1 heterocycles. The smallest absolute Gasteiger partial charge is 0.323 e. The fourth-order valence-electron chi connectivity index (χ4n) is 1.91. The Hall–Kier alpha value is -1.39. The molecule has 1 fully saturated rings. The molecule has 2 N–H and O–H groups in total. The largest absolute Gasteiger partial charge is 0.464 e. The SMILES string of the molecule is O=C(OCCc1ccccc1)[C@@H]1CC(O)CN1. The molecule has 1 saturated heterocycles. The Balaban J connectivity index is 1.70. The number of carbonyl (C=O) groups is 1. The lowest BCUT2D eigenvalue weighted by Crippen LogP contribution is -2.32. The predicted molar refractivity (Wildman–Crippen MR) is 63.5 cm³/mol. The maximum atomic E-state index is 11.6. The topological polar surface area (TPSA) is 58.6 Å². The van der Waals surface area contributed by atoms with E-state index in [1.807, 2.05) is 30.3 Å². The maximum Gasteiger partial charge on any atom is 0.323 e. The average Bonchev–Trinajstić information content (AvgIpc) is 2.77. The number of aliphatic hydroxyl groups excluding tert-OH is 1. The van der Waals surface area contributed by atoms with Crippen LogP contribution in [0.2, 0.25) is 0 Å². The molecule has 4 nitrogen and oxygen atoms in total. The van der Waals surface area contributed by atoms with E-state index in [2.05, 4.69) is 5.32 Å². The number of carbonyl (C=O) groups excluding carboxylic acids is 1. The first-order valence-electron chi connectivity index (χ1n) is 5.88. The summed E-state index contributed by atoms with van der Waals surface area (Å²) < 4.78 is 5.17. The summed E-state index contributed by atoms with van der Waals surface area (Å²) in [5.74, 6) is -0.266. The third kappa shape index (κ3) is 3.54. The standard InChI is InChI=1S/C13H17NO3/c15-11-8-12(14-9-11)13(16)17-7-6-10-4-2-1-3-5-10/h1-5,11-12,14-15H,6-9H2/t11?,12-/m0/s1. The van der Waals surface area contributed by atoms with Crippen molar-refractivity contribution in [3.05, 3.63) is 35.9 Å². The van der Waals surface area contributed by atoms with Crippen LogP contribution in [0.3, 0.4) is 0 Å². The zero-order chi connectivity index (χ0) is 12.1. The lowest BCUT2D eigenvalue weighted by Gasteiger charge is -2.10. The zero-order valence-electron chi connectivity index (χ0n) is 9.63. The fourth-order valence-corrected chi connectivity index (χ4v) is 1.91. The average molecular weight is 235 g/mol. The molecule has 1 aromatic rings. The zero-order valence-corrected chi connectivity index (χ0v) is 9.63. The van der Waals surface area contributed by atoms with Gasteiger partial charge in [-0.2, -0.15) is 0 Å². The minimum absolute atomic E-state index is 0.266. The number of hydrogen-bond acceptors (Lipinski definition) is 4. The van der Waals surface area contributed by atoms with Crippen LogP contribution in [-0.4, -0.2) is 36.4 Å². The van der Waals surface area contributed by atoms with Crippen molar-refractivity contribution in [1.29, 1.82) is 0 Å². The first-order valence-corrected chi connectivity index (χ1v) is 5.88. The van der Waals surface area contributed by atoms with Crippen molar-refractivity contribution >= 4 is 5.97 Å². The summed E-state index contributed by atoms with van der Waals surface area (Å²) in [6.07, 6.45) is 0.744. The molecule has 0 spiro atoms. The Morgan fingerprint density at radius 2 is 2.18 bits per heavy atom. The van der Waals surface area contributed by atoms with Crippen molar-refractivity contribution < 1.29 is 14.6 Å². The van der Waals surface area contributed by atoms with Gasteiger partial charge in [-0.05, 0) is 5.56 Å². The van der Waals surface area contributed by atoms with Crippen LogP contribution in [0.1, 0.15) is 12.0 Å². The van der Waals surface area contributed by atoms with Gasteiger partial charge in [0.15, 0.2) is 0 Å². The molecule has 0 bridgehead atoms. The van der Waals surface area contributed by atoms with Gasteiger partial charge in [0.1, 0.15) is 6.04 Å². The number of aliphatic hydroxyl groups is 1. The van der Waals surface area contributed by atoms with Crippen molar-refractivity contribution in [2.24, 2.45) is 0 Å². The molecule has 0 aliphatic carbocycles. The highest BCUT2D eigenvalue weighted by Crippen LogP contribution is 2.08. The number of ether oxygens (including phenoxy) is 1. The summed E-state index contributed by atoms with van der Waals surface area (Å²) in [6, 6.07) is 9.55. The molecule has 92 valence electrons. The second-order valence-electron chi connectivity index (χ2n) is 4.25. The molecule has 1 aromatic carbocycles. The number of rotatable bonds is 4. The molecule has 4 heteroatoms. The highest BCUT2D eigenvalue weighted by Gasteiger charge is 2.28. The minimum Gasteiger partial charge on any atom is -0.464 e. The summed E-state index contributed by atoms with van der Waals surface area (Å²) in [6.45, 7) is 0.857. The van der Waals surface area contributed by atoms with E-state index in [1.165, 1.54) is 0 Å². The third-order valence-corrected chi connectivity index (χ3v) is 2.87. The van der Waals surface area contributed by atoms with E-state index in [0.717, 1.165) is 12.0 Å². The lowest BCUT2D eigenvalue weighted by atomic mass is 10.2. The monoisotopic (exact) mass is 235 g/mol. The quantitative estimate of drug-likeness (QED) is 0.746. The van der Waals surface area contributed by atoms with Gasteiger partial charge in [-0.1, -0.05) is 30.3 Å². The van der Waals surface area contributed by atoms with E-state index >= 15 is 0 Å². The molecular weight excluding hydrogens is 218 g/mol. The van der Waals surface area contributed by atoms with E-state index in [4.69, 9.17) is 4.74 Å². The highest BCUT2D eigenvalue weighted by molar-refractivity contribution is 5.76. The molecule has 0 saturated carbocycles. The Labute approximate surface area is 101 Å². The van der Waals surface area contributed by atoms with Crippen LogP contribution < -0.4 is 5.32 Å². The lowest BCUT2D eigenvalue weighted by molar-refractivity contribution is -0.145. The van der Waals surface area contributed by atoms with Crippen LogP contribution >= 0.6 is 0 Å². The number of nitrogens with one attached hydrogen (secondary N) is 1. The highest BCUT2D eigenvalue weighted by atomic mass is 16.5. The van der Waals surface area contributed by atoms with Crippen LogP contribution in [0.4, 0.5) is 0 Å². The molecule has 1 unspecified atom stereocenters. The molecule has 0 amide bonds. The van der Waals surface area contributed by atoms with Gasteiger partial charge in [0, 0.05) is 19.4 Å². The number of β-amino-alcohol motifs (C(OH)–C–C–N with tert-alkyl or cyclic N) is 1. The van der Waals surface area contributed by atoms with Crippen molar-refractivity contribution in [3.63, 3.8) is 0 Å². The van der Waals surface area contributed by atoms with Gasteiger partial charge >= 0.3 is 5.97 Å². The first-order chi connectivity index (χ1) is 8.25. The van der Waals surface area contributed by atoms with E-state index < -0.39 is 6.10 Å². The summed E-state index contributed by atoms with van der Waals surface area (Å²) >= 11 is 0. The number of esters is 1. The van der Waals surface area contributed by atoms with Gasteiger partial charge in [-0.3, -0.25) is 4.79 Å². The first kappa shape index (κ1) is 12.1. The minimum atomic E-state index is -0.429. The van der Waals surface area contributed by atoms with E-state index in [1.54, 1.807) is 0 Å². The molecule has 1 aliphatic rings. The van der Waals surface area contributed by atoms with Crippen molar-refractivity contribution in [2.45, 2.75) is 25.0 Å².